The third kappa shape index (κ3) is 4.23. The summed E-state index contributed by atoms with van der Waals surface area (Å²) in [5.74, 6) is 0. The predicted molar refractivity (Wildman–Crippen MR) is 106 cm³/mol. The standard InChI is InChI=1S/C16H16BrClN2O4S2/c17-11-25(21,22)19-15-4-1-12-7-8-20(10-13(12)9-15)26(23,24)16-5-2-14(18)3-6-16/h1-6,9,19H,7-8,10-11H2. The van der Waals surface area contributed by atoms with Crippen LogP contribution in [0.2, 0.25) is 5.02 Å². The maximum absolute atomic E-state index is 12.8. The Morgan fingerprint density at radius 1 is 1.04 bits per heavy atom. The Bertz CT molecular complexity index is 1020. The van der Waals surface area contributed by atoms with Crippen LogP contribution in [0, 0.1) is 0 Å². The molecule has 3 rings (SSSR count). The predicted octanol–water partition coefficient (Wildman–Crippen LogP) is 3.18. The Labute approximate surface area is 166 Å². The zero-order valence-corrected chi connectivity index (χ0v) is 17.5. The minimum atomic E-state index is -3.65. The highest BCUT2D eigenvalue weighted by Crippen LogP contribution is 2.28. The Kier molecular flexibility index (Phi) is 5.64. The molecule has 1 aliphatic rings. The molecule has 0 fully saturated rings. The molecule has 1 heterocycles. The lowest BCUT2D eigenvalue weighted by Gasteiger charge is -2.28. The van der Waals surface area contributed by atoms with Gasteiger partial charge < -0.3 is 0 Å². The molecule has 0 aliphatic carbocycles. The van der Waals surface area contributed by atoms with Crippen molar-refractivity contribution in [1.29, 1.82) is 0 Å². The summed E-state index contributed by atoms with van der Waals surface area (Å²) in [5.41, 5.74) is 2.20. The van der Waals surface area contributed by atoms with Crippen LogP contribution in [0.25, 0.3) is 0 Å². The number of anilines is 1. The van der Waals surface area contributed by atoms with Crippen LogP contribution in [0.5, 0.6) is 0 Å². The Balaban J connectivity index is 1.87. The first-order chi connectivity index (χ1) is 12.2. The number of halogens is 2. The molecule has 0 aromatic heterocycles. The van der Waals surface area contributed by atoms with Gasteiger partial charge in [0.15, 0.2) is 0 Å². The molecule has 10 heteroatoms. The highest BCUT2D eigenvalue weighted by molar-refractivity contribution is 9.10. The van der Waals surface area contributed by atoms with Crippen molar-refractivity contribution in [3.63, 3.8) is 0 Å². The van der Waals surface area contributed by atoms with Crippen LogP contribution >= 0.6 is 27.5 Å². The Morgan fingerprint density at radius 3 is 2.38 bits per heavy atom. The second-order valence-electron chi connectivity index (χ2n) is 5.85. The molecule has 2 aromatic carbocycles. The van der Waals surface area contributed by atoms with Gasteiger partial charge in [0, 0.05) is 23.8 Å². The molecule has 0 spiro atoms. The third-order valence-electron chi connectivity index (χ3n) is 4.05. The van der Waals surface area contributed by atoms with Crippen molar-refractivity contribution in [2.75, 3.05) is 15.9 Å². The highest BCUT2D eigenvalue weighted by atomic mass is 79.9. The number of nitrogens with one attached hydrogen (secondary N) is 1. The normalized spacial score (nSPS) is 15.5. The Morgan fingerprint density at radius 2 is 1.73 bits per heavy atom. The maximum atomic E-state index is 12.8. The first-order valence-corrected chi connectivity index (χ1v) is 12.2. The average molecular weight is 480 g/mol. The minimum Gasteiger partial charge on any atom is -0.283 e. The fourth-order valence-corrected chi connectivity index (χ4v) is 5.19. The number of hydrogen-bond acceptors (Lipinski definition) is 4. The SMILES string of the molecule is O=S(=O)(CBr)Nc1ccc2c(c1)CN(S(=O)(=O)c1ccc(Cl)cc1)CC2. The van der Waals surface area contributed by atoms with Gasteiger partial charge in [-0.1, -0.05) is 33.6 Å². The summed E-state index contributed by atoms with van der Waals surface area (Å²) in [7, 11) is -7.11. The lowest BCUT2D eigenvalue weighted by atomic mass is 10.0. The number of sulfonamides is 2. The van der Waals surface area contributed by atoms with Crippen molar-refractivity contribution in [2.45, 2.75) is 17.9 Å². The van der Waals surface area contributed by atoms with Crippen molar-refractivity contribution in [3.05, 3.63) is 58.6 Å². The number of hydrogen-bond donors (Lipinski definition) is 1. The second kappa shape index (κ2) is 7.47. The van der Waals surface area contributed by atoms with Crippen LogP contribution in [0.3, 0.4) is 0 Å². The molecule has 0 amide bonds. The zero-order valence-electron chi connectivity index (χ0n) is 13.5. The second-order valence-corrected chi connectivity index (χ2v) is 11.3. The molecule has 0 unspecified atom stereocenters. The van der Waals surface area contributed by atoms with E-state index in [9.17, 15) is 16.8 Å². The number of rotatable bonds is 5. The average Bonchev–Trinajstić information content (AvgIpc) is 2.61. The van der Waals surface area contributed by atoms with Gasteiger partial charge in [0.05, 0.1) is 4.90 Å². The van der Waals surface area contributed by atoms with E-state index in [0.717, 1.165) is 11.1 Å². The summed E-state index contributed by atoms with van der Waals surface area (Å²) in [6.07, 6.45) is 0.563. The van der Waals surface area contributed by atoms with Gasteiger partial charge >= 0.3 is 0 Å². The fraction of sp³-hybridized carbons (Fsp3) is 0.250. The summed E-state index contributed by atoms with van der Waals surface area (Å²) in [5, 5.41) is 0.469. The molecule has 0 saturated carbocycles. The first-order valence-electron chi connectivity index (χ1n) is 7.65. The van der Waals surface area contributed by atoms with E-state index in [2.05, 4.69) is 20.7 Å². The molecule has 1 aliphatic heterocycles. The molecule has 0 saturated heterocycles. The largest absolute Gasteiger partial charge is 0.283 e. The van der Waals surface area contributed by atoms with E-state index in [0.29, 0.717) is 23.7 Å². The quantitative estimate of drug-likeness (QED) is 0.668. The maximum Gasteiger partial charge on any atom is 0.243 e. The van der Waals surface area contributed by atoms with E-state index in [4.69, 9.17) is 11.6 Å². The van der Waals surface area contributed by atoms with Gasteiger partial charge in [0.25, 0.3) is 0 Å². The van der Waals surface area contributed by atoms with Crippen LogP contribution in [-0.2, 0) is 33.0 Å². The van der Waals surface area contributed by atoms with Gasteiger partial charge in [0.2, 0.25) is 20.0 Å². The topological polar surface area (TPSA) is 83.6 Å². The van der Waals surface area contributed by atoms with Crippen LogP contribution in [0.1, 0.15) is 11.1 Å². The summed E-state index contributed by atoms with van der Waals surface area (Å²) in [6.45, 7) is 0.550. The molecule has 140 valence electrons. The van der Waals surface area contributed by atoms with Gasteiger partial charge in [-0.25, -0.2) is 16.8 Å². The lowest BCUT2D eigenvalue weighted by Crippen LogP contribution is -2.36. The summed E-state index contributed by atoms with van der Waals surface area (Å²) in [6, 6.07) is 11.2. The lowest BCUT2D eigenvalue weighted by molar-refractivity contribution is 0.391. The number of benzene rings is 2. The summed E-state index contributed by atoms with van der Waals surface area (Å²) in [4.78, 5) is 0.182. The summed E-state index contributed by atoms with van der Waals surface area (Å²) >= 11 is 8.75. The van der Waals surface area contributed by atoms with E-state index in [-0.39, 0.29) is 16.1 Å². The smallest absolute Gasteiger partial charge is 0.243 e. The molecule has 26 heavy (non-hydrogen) atoms. The zero-order chi connectivity index (χ0) is 18.9. The molecular formula is C16H16BrClN2O4S2. The molecule has 0 bridgehead atoms. The van der Waals surface area contributed by atoms with E-state index >= 15 is 0 Å². The Hall–Kier alpha value is -1.13. The van der Waals surface area contributed by atoms with E-state index < -0.39 is 20.0 Å². The number of alkyl halides is 1. The van der Waals surface area contributed by atoms with Gasteiger partial charge in [-0.2, -0.15) is 4.31 Å². The van der Waals surface area contributed by atoms with Crippen molar-refractivity contribution in [2.24, 2.45) is 0 Å². The van der Waals surface area contributed by atoms with Crippen LogP contribution < -0.4 is 4.72 Å². The van der Waals surface area contributed by atoms with Crippen molar-refractivity contribution >= 4 is 53.3 Å². The van der Waals surface area contributed by atoms with Crippen molar-refractivity contribution in [1.82, 2.24) is 4.31 Å². The van der Waals surface area contributed by atoms with E-state index in [1.807, 2.05) is 6.07 Å². The number of nitrogens with zero attached hydrogens (tertiary/aromatic N) is 1. The van der Waals surface area contributed by atoms with Gasteiger partial charge in [-0.05, 0) is 53.9 Å². The first kappa shape index (κ1) is 19.6. The van der Waals surface area contributed by atoms with Crippen LogP contribution in [-0.4, -0.2) is 32.3 Å². The summed E-state index contributed by atoms with van der Waals surface area (Å²) < 4.78 is 52.7. The van der Waals surface area contributed by atoms with Gasteiger partial charge in [0.1, 0.15) is 4.66 Å². The molecule has 0 atom stereocenters. The van der Waals surface area contributed by atoms with E-state index in [1.165, 1.54) is 16.4 Å². The van der Waals surface area contributed by atoms with Crippen LogP contribution in [0.15, 0.2) is 47.4 Å². The number of fused-ring (bicyclic) bond motifs is 1. The molecule has 2 aromatic rings. The van der Waals surface area contributed by atoms with Crippen molar-refractivity contribution in [3.8, 4) is 0 Å². The molecule has 0 radical (unpaired) electrons. The highest BCUT2D eigenvalue weighted by Gasteiger charge is 2.28. The molecule has 6 nitrogen and oxygen atoms in total. The monoisotopic (exact) mass is 478 g/mol. The van der Waals surface area contributed by atoms with Crippen LogP contribution in [0.4, 0.5) is 5.69 Å². The molecule has 1 N–H and O–H groups in total. The van der Waals surface area contributed by atoms with Gasteiger partial charge in [-0.15, -0.1) is 0 Å². The molecular weight excluding hydrogens is 464 g/mol. The van der Waals surface area contributed by atoms with Gasteiger partial charge in [-0.3, -0.25) is 4.72 Å². The minimum absolute atomic E-state index is 0.182. The third-order valence-corrected chi connectivity index (χ3v) is 8.81. The van der Waals surface area contributed by atoms with Crippen molar-refractivity contribution < 1.29 is 16.8 Å². The van der Waals surface area contributed by atoms with E-state index in [1.54, 1.807) is 24.3 Å². The fourth-order valence-electron chi connectivity index (χ4n) is 2.76.